The summed E-state index contributed by atoms with van der Waals surface area (Å²) in [6.45, 7) is 1.64. The van der Waals surface area contributed by atoms with Gasteiger partial charge in [-0.15, -0.1) is 0 Å². The van der Waals surface area contributed by atoms with Crippen molar-refractivity contribution in [2.45, 2.75) is 6.82 Å². The lowest BCUT2D eigenvalue weighted by Gasteiger charge is -2.14. The third-order valence-electron chi connectivity index (χ3n) is 3.98. The highest BCUT2D eigenvalue weighted by molar-refractivity contribution is 6.76. The minimum absolute atomic E-state index is 0.142. The molecule has 6 nitrogen and oxygen atoms in total. The number of rotatable bonds is 4. The van der Waals surface area contributed by atoms with E-state index in [-0.39, 0.29) is 22.4 Å². The van der Waals surface area contributed by atoms with Crippen LogP contribution in [-0.2, 0) is 4.74 Å². The summed E-state index contributed by atoms with van der Waals surface area (Å²) in [6.07, 6.45) is 0. The molecule has 2 aromatic rings. The van der Waals surface area contributed by atoms with Gasteiger partial charge in [0.05, 0.1) is 29.5 Å². The maximum absolute atomic E-state index is 12.6. The van der Waals surface area contributed by atoms with Gasteiger partial charge in [0.25, 0.3) is 11.8 Å². The van der Waals surface area contributed by atoms with Crippen LogP contribution in [0.3, 0.4) is 0 Å². The van der Waals surface area contributed by atoms with E-state index in [4.69, 9.17) is 0 Å². The molecule has 123 valence electrons. The third kappa shape index (κ3) is 2.74. The van der Waals surface area contributed by atoms with Gasteiger partial charge in [-0.3, -0.25) is 9.59 Å². The number of hydrogen-bond acceptors (Lipinski definition) is 5. The van der Waals surface area contributed by atoms with E-state index in [1.807, 2.05) is 0 Å². The Morgan fingerprint density at radius 1 is 0.920 bits per heavy atom. The Kier molecular flexibility index (Phi) is 4.23. The van der Waals surface area contributed by atoms with Crippen LogP contribution in [0.1, 0.15) is 41.4 Å². The maximum atomic E-state index is 12.6. The molecule has 0 spiro atoms. The van der Waals surface area contributed by atoms with Gasteiger partial charge < -0.3 is 9.53 Å². The number of nitrogens with zero attached hydrogens (tertiary/aromatic N) is 1. The van der Waals surface area contributed by atoms with Crippen LogP contribution in [0, 0.1) is 0 Å². The van der Waals surface area contributed by atoms with Crippen LogP contribution in [0.25, 0.3) is 0 Å². The SMILES string of the molecule is C[B]C(=O)c1ccc(N2C(=O)c3ccc(C(=O)OC)cc3C2=O)cc1. The van der Waals surface area contributed by atoms with Gasteiger partial charge >= 0.3 is 5.97 Å². The molecule has 0 saturated carbocycles. The summed E-state index contributed by atoms with van der Waals surface area (Å²) in [7, 11) is 2.68. The number of amides is 2. The van der Waals surface area contributed by atoms with Crippen molar-refractivity contribution in [1.29, 1.82) is 0 Å². The first-order valence-electron chi connectivity index (χ1n) is 7.53. The fourth-order valence-electron chi connectivity index (χ4n) is 2.66. The molecule has 0 aromatic heterocycles. The van der Waals surface area contributed by atoms with Crippen molar-refractivity contribution >= 4 is 36.4 Å². The van der Waals surface area contributed by atoms with E-state index in [0.29, 0.717) is 11.3 Å². The molecule has 25 heavy (non-hydrogen) atoms. The van der Waals surface area contributed by atoms with Crippen LogP contribution < -0.4 is 4.90 Å². The van der Waals surface area contributed by atoms with Gasteiger partial charge in [0, 0.05) is 5.56 Å². The summed E-state index contributed by atoms with van der Waals surface area (Å²) in [5, 5.41) is 0. The van der Waals surface area contributed by atoms with Gasteiger partial charge in [0.1, 0.15) is 5.68 Å². The number of carbonyl (C=O) groups excluding carboxylic acids is 4. The number of methoxy groups -OCH3 is 1. The average Bonchev–Trinajstić information content (AvgIpc) is 2.90. The lowest BCUT2D eigenvalue weighted by molar-refractivity contribution is 0.0600. The zero-order chi connectivity index (χ0) is 18.1. The molecule has 2 aromatic carbocycles. The van der Waals surface area contributed by atoms with E-state index in [1.165, 1.54) is 32.6 Å². The molecule has 0 atom stereocenters. The topological polar surface area (TPSA) is 80.8 Å². The van der Waals surface area contributed by atoms with E-state index < -0.39 is 17.8 Å². The third-order valence-corrected chi connectivity index (χ3v) is 3.98. The molecule has 0 aliphatic carbocycles. The number of fused-ring (bicyclic) bond motifs is 1. The number of imide groups is 1. The number of anilines is 1. The highest BCUT2D eigenvalue weighted by Gasteiger charge is 2.37. The Balaban J connectivity index is 1.97. The van der Waals surface area contributed by atoms with E-state index in [2.05, 4.69) is 4.74 Å². The van der Waals surface area contributed by atoms with Crippen LogP contribution in [0.4, 0.5) is 5.69 Å². The van der Waals surface area contributed by atoms with E-state index >= 15 is 0 Å². The fraction of sp³-hybridized carbons (Fsp3) is 0.111. The van der Waals surface area contributed by atoms with Crippen molar-refractivity contribution in [2.75, 3.05) is 12.0 Å². The summed E-state index contributed by atoms with van der Waals surface area (Å²) >= 11 is 0. The number of esters is 1. The number of carbonyl (C=O) groups is 4. The Morgan fingerprint density at radius 3 is 2.12 bits per heavy atom. The number of ether oxygens (including phenoxy) is 1. The predicted molar refractivity (Wildman–Crippen MR) is 91.3 cm³/mol. The molecule has 1 aliphatic rings. The first-order valence-corrected chi connectivity index (χ1v) is 7.53. The largest absolute Gasteiger partial charge is 0.465 e. The monoisotopic (exact) mass is 334 g/mol. The maximum Gasteiger partial charge on any atom is 0.337 e. The summed E-state index contributed by atoms with van der Waals surface area (Å²) in [4.78, 5) is 49.5. The molecule has 0 saturated heterocycles. The van der Waals surface area contributed by atoms with Gasteiger partial charge in [0.15, 0.2) is 0 Å². The molecule has 1 heterocycles. The Bertz CT molecular complexity index is 904. The first kappa shape index (κ1) is 16.6. The Labute approximate surface area is 144 Å². The zero-order valence-electron chi connectivity index (χ0n) is 13.6. The predicted octanol–water partition coefficient (Wildman–Crippen LogP) is 2.17. The van der Waals surface area contributed by atoms with Crippen molar-refractivity contribution in [2.24, 2.45) is 0 Å². The fourth-order valence-corrected chi connectivity index (χ4v) is 2.66. The summed E-state index contributed by atoms with van der Waals surface area (Å²) in [5.74, 6) is -1.58. The molecule has 2 amide bonds. The van der Waals surface area contributed by atoms with E-state index in [0.717, 1.165) is 4.90 Å². The standard InChI is InChI=1S/C18H13BNO5/c1-19-15(21)10-3-6-12(7-4-10)20-16(22)13-8-5-11(18(24)25-2)9-14(13)17(20)23/h3-9H,1-2H3. The lowest BCUT2D eigenvalue weighted by atomic mass is 9.73. The highest BCUT2D eigenvalue weighted by Crippen LogP contribution is 2.29. The summed E-state index contributed by atoms with van der Waals surface area (Å²) in [5.41, 5.74) is 1.25. The second-order valence-electron chi connectivity index (χ2n) is 5.40. The van der Waals surface area contributed by atoms with Crippen molar-refractivity contribution in [3.05, 3.63) is 64.7 Å². The van der Waals surface area contributed by atoms with E-state index in [9.17, 15) is 19.2 Å². The molecule has 1 radical (unpaired) electrons. The van der Waals surface area contributed by atoms with Crippen LogP contribution in [0.15, 0.2) is 42.5 Å². The van der Waals surface area contributed by atoms with Crippen LogP contribution in [0.2, 0.25) is 6.82 Å². The molecule has 0 N–H and O–H groups in total. The van der Waals surface area contributed by atoms with E-state index in [1.54, 1.807) is 31.1 Å². The van der Waals surface area contributed by atoms with Gasteiger partial charge in [-0.25, -0.2) is 9.69 Å². The molecular formula is C18H13BNO5. The van der Waals surface area contributed by atoms with Gasteiger partial charge in [0.2, 0.25) is 7.28 Å². The van der Waals surface area contributed by atoms with Gasteiger partial charge in [-0.1, -0.05) is 19.0 Å². The van der Waals surface area contributed by atoms with Crippen molar-refractivity contribution < 1.29 is 23.9 Å². The number of hydrogen-bond donors (Lipinski definition) is 0. The quantitative estimate of drug-likeness (QED) is 0.486. The minimum atomic E-state index is -0.583. The van der Waals surface area contributed by atoms with Crippen LogP contribution >= 0.6 is 0 Å². The van der Waals surface area contributed by atoms with Crippen molar-refractivity contribution in [3.63, 3.8) is 0 Å². The normalized spacial score (nSPS) is 12.8. The first-order chi connectivity index (χ1) is 12.0. The molecule has 0 fully saturated rings. The summed E-state index contributed by atoms with van der Waals surface area (Å²) in [6, 6.07) is 10.4. The molecule has 1 aliphatic heterocycles. The lowest BCUT2D eigenvalue weighted by Crippen LogP contribution is -2.29. The van der Waals surface area contributed by atoms with Crippen molar-refractivity contribution in [3.8, 4) is 0 Å². The molecule has 7 heteroatoms. The molecule has 0 unspecified atom stereocenters. The second-order valence-corrected chi connectivity index (χ2v) is 5.40. The minimum Gasteiger partial charge on any atom is -0.465 e. The number of benzene rings is 2. The van der Waals surface area contributed by atoms with Crippen molar-refractivity contribution in [1.82, 2.24) is 0 Å². The van der Waals surface area contributed by atoms with Gasteiger partial charge in [-0.05, 0) is 30.3 Å². The molecule has 3 rings (SSSR count). The smallest absolute Gasteiger partial charge is 0.337 e. The van der Waals surface area contributed by atoms with Crippen LogP contribution in [-0.4, -0.2) is 37.9 Å². The van der Waals surface area contributed by atoms with Gasteiger partial charge in [-0.2, -0.15) is 0 Å². The Morgan fingerprint density at radius 2 is 1.52 bits per heavy atom. The van der Waals surface area contributed by atoms with Crippen LogP contribution in [0.5, 0.6) is 0 Å². The highest BCUT2D eigenvalue weighted by atomic mass is 16.5. The summed E-state index contributed by atoms with van der Waals surface area (Å²) < 4.78 is 4.63. The zero-order valence-corrected chi connectivity index (χ0v) is 13.6. The average molecular weight is 334 g/mol. The second kappa shape index (κ2) is 6.35. The molecular weight excluding hydrogens is 321 g/mol. The Hall–Kier alpha value is -3.22. The molecule has 0 bridgehead atoms.